The fourth-order valence-corrected chi connectivity index (χ4v) is 3.63. The quantitative estimate of drug-likeness (QED) is 0.913. The maximum atomic E-state index is 3.60. The van der Waals surface area contributed by atoms with E-state index in [0.29, 0.717) is 0 Å². The van der Waals surface area contributed by atoms with E-state index in [1.165, 1.54) is 36.0 Å². The molecule has 1 aromatic rings. The van der Waals surface area contributed by atoms with Crippen LogP contribution in [0.4, 0.5) is 0 Å². The third-order valence-corrected chi connectivity index (χ3v) is 4.91. The minimum atomic E-state index is 0.846. The van der Waals surface area contributed by atoms with Gasteiger partial charge in [-0.25, -0.2) is 0 Å². The fraction of sp³-hybridized carbons (Fsp3) is 0.500. The second-order valence-electron chi connectivity index (χ2n) is 3.85. The highest BCUT2D eigenvalue weighted by Gasteiger charge is 2.13. The molecule has 1 nitrogen and oxygen atoms in total. The van der Waals surface area contributed by atoms with Crippen LogP contribution in [0.3, 0.4) is 0 Å². The molecular weight excluding hydrogens is 270 g/mol. The van der Waals surface area contributed by atoms with Crippen molar-refractivity contribution in [3.8, 4) is 0 Å². The number of rotatable bonds is 3. The summed E-state index contributed by atoms with van der Waals surface area (Å²) in [6, 6.07) is 8.52. The maximum absolute atomic E-state index is 3.60. The molecule has 82 valence electrons. The molecule has 0 aromatic heterocycles. The molecule has 1 fully saturated rings. The standard InChI is InChI=1S/C12H16BrNS/c13-12-4-2-1-3-10(12)9-15-11-5-7-14-8-6-11/h1-4,11,14H,5-9H2. The van der Waals surface area contributed by atoms with Crippen molar-refractivity contribution >= 4 is 27.7 Å². The van der Waals surface area contributed by atoms with Crippen molar-refractivity contribution in [2.24, 2.45) is 0 Å². The largest absolute Gasteiger partial charge is 0.317 e. The molecular formula is C12H16BrNS. The summed E-state index contributed by atoms with van der Waals surface area (Å²) in [6.07, 6.45) is 2.63. The number of piperidine rings is 1. The molecule has 0 unspecified atom stereocenters. The topological polar surface area (TPSA) is 12.0 Å². The Bertz CT molecular complexity index is 310. The van der Waals surface area contributed by atoms with E-state index in [9.17, 15) is 0 Å². The molecule has 0 amide bonds. The van der Waals surface area contributed by atoms with E-state index in [4.69, 9.17) is 0 Å². The zero-order chi connectivity index (χ0) is 10.5. The lowest BCUT2D eigenvalue weighted by atomic mass is 10.2. The van der Waals surface area contributed by atoms with Gasteiger partial charge < -0.3 is 5.32 Å². The van der Waals surface area contributed by atoms with Gasteiger partial charge in [0.25, 0.3) is 0 Å². The Morgan fingerprint density at radius 3 is 2.73 bits per heavy atom. The van der Waals surface area contributed by atoms with Gasteiger partial charge in [-0.15, -0.1) is 0 Å². The average Bonchev–Trinajstić information content (AvgIpc) is 2.29. The summed E-state index contributed by atoms with van der Waals surface area (Å²) in [5.74, 6) is 1.13. The fourth-order valence-electron chi connectivity index (χ4n) is 1.79. The van der Waals surface area contributed by atoms with Crippen LogP contribution in [-0.2, 0) is 5.75 Å². The first-order valence-electron chi connectivity index (χ1n) is 5.42. The molecule has 0 bridgehead atoms. The molecule has 2 rings (SSSR count). The van der Waals surface area contributed by atoms with Crippen molar-refractivity contribution < 1.29 is 0 Å². The van der Waals surface area contributed by atoms with E-state index in [0.717, 1.165) is 11.0 Å². The van der Waals surface area contributed by atoms with E-state index < -0.39 is 0 Å². The van der Waals surface area contributed by atoms with Crippen molar-refractivity contribution in [1.82, 2.24) is 5.32 Å². The number of benzene rings is 1. The van der Waals surface area contributed by atoms with Gasteiger partial charge in [0.05, 0.1) is 0 Å². The Labute approximate surface area is 104 Å². The second-order valence-corrected chi connectivity index (χ2v) is 5.99. The summed E-state index contributed by atoms with van der Waals surface area (Å²) in [4.78, 5) is 0. The predicted octanol–water partition coefficient (Wildman–Crippen LogP) is 3.43. The molecule has 0 atom stereocenters. The molecule has 3 heteroatoms. The van der Waals surface area contributed by atoms with Crippen LogP contribution < -0.4 is 5.32 Å². The monoisotopic (exact) mass is 285 g/mol. The third-order valence-electron chi connectivity index (χ3n) is 2.72. The molecule has 15 heavy (non-hydrogen) atoms. The molecule has 1 heterocycles. The van der Waals surface area contributed by atoms with Crippen molar-refractivity contribution in [2.45, 2.75) is 23.8 Å². The Morgan fingerprint density at radius 2 is 2.00 bits per heavy atom. The van der Waals surface area contributed by atoms with Crippen LogP contribution in [0.25, 0.3) is 0 Å². The Balaban J connectivity index is 1.84. The van der Waals surface area contributed by atoms with E-state index in [1.54, 1.807) is 0 Å². The van der Waals surface area contributed by atoms with Crippen LogP contribution in [0.2, 0.25) is 0 Å². The van der Waals surface area contributed by atoms with E-state index >= 15 is 0 Å². The number of nitrogens with one attached hydrogen (secondary N) is 1. The summed E-state index contributed by atoms with van der Waals surface area (Å²) >= 11 is 5.69. The Kier molecular flexibility index (Phi) is 4.54. The van der Waals surface area contributed by atoms with Crippen molar-refractivity contribution in [3.63, 3.8) is 0 Å². The Hall–Kier alpha value is 0.01000. The predicted molar refractivity (Wildman–Crippen MR) is 71.3 cm³/mol. The summed E-state index contributed by atoms with van der Waals surface area (Å²) < 4.78 is 1.24. The lowest BCUT2D eigenvalue weighted by Gasteiger charge is -2.22. The zero-order valence-electron chi connectivity index (χ0n) is 8.71. The van der Waals surface area contributed by atoms with Gasteiger partial charge >= 0.3 is 0 Å². The lowest BCUT2D eigenvalue weighted by Crippen LogP contribution is -2.29. The normalized spacial score (nSPS) is 17.9. The van der Waals surface area contributed by atoms with Crippen LogP contribution >= 0.6 is 27.7 Å². The average molecular weight is 286 g/mol. The van der Waals surface area contributed by atoms with Crippen molar-refractivity contribution in [2.75, 3.05) is 13.1 Å². The van der Waals surface area contributed by atoms with Crippen LogP contribution in [0.5, 0.6) is 0 Å². The van der Waals surface area contributed by atoms with Gasteiger partial charge in [-0.1, -0.05) is 34.1 Å². The minimum absolute atomic E-state index is 0.846. The van der Waals surface area contributed by atoms with Gasteiger partial charge in [-0.2, -0.15) is 11.8 Å². The van der Waals surface area contributed by atoms with Gasteiger partial charge in [-0.05, 0) is 37.6 Å². The molecule has 1 aromatic carbocycles. The summed E-state index contributed by atoms with van der Waals surface area (Å²) in [7, 11) is 0. The summed E-state index contributed by atoms with van der Waals surface area (Å²) in [5.41, 5.74) is 1.42. The summed E-state index contributed by atoms with van der Waals surface area (Å²) in [5, 5.41) is 4.25. The molecule has 1 N–H and O–H groups in total. The zero-order valence-corrected chi connectivity index (χ0v) is 11.1. The van der Waals surface area contributed by atoms with Crippen LogP contribution in [-0.4, -0.2) is 18.3 Å². The molecule has 0 spiro atoms. The maximum Gasteiger partial charge on any atom is 0.0215 e. The van der Waals surface area contributed by atoms with E-state index in [1.807, 2.05) is 0 Å². The molecule has 0 aliphatic carbocycles. The number of halogens is 1. The first-order valence-corrected chi connectivity index (χ1v) is 7.26. The molecule has 0 radical (unpaired) electrons. The minimum Gasteiger partial charge on any atom is -0.317 e. The van der Waals surface area contributed by atoms with E-state index in [-0.39, 0.29) is 0 Å². The number of thioether (sulfide) groups is 1. The highest BCUT2D eigenvalue weighted by Crippen LogP contribution is 2.27. The summed E-state index contributed by atoms with van der Waals surface area (Å²) in [6.45, 7) is 2.38. The highest BCUT2D eigenvalue weighted by atomic mass is 79.9. The lowest BCUT2D eigenvalue weighted by molar-refractivity contribution is 0.531. The number of hydrogen-bond donors (Lipinski definition) is 1. The van der Waals surface area contributed by atoms with Gasteiger partial charge in [0.15, 0.2) is 0 Å². The molecule has 1 aliphatic rings. The third kappa shape index (κ3) is 3.51. The van der Waals surface area contributed by atoms with E-state index in [2.05, 4.69) is 57.3 Å². The van der Waals surface area contributed by atoms with Gasteiger partial charge in [0, 0.05) is 15.5 Å². The molecule has 0 saturated carbocycles. The first kappa shape index (κ1) is 11.5. The van der Waals surface area contributed by atoms with Gasteiger partial charge in [0.2, 0.25) is 0 Å². The smallest absolute Gasteiger partial charge is 0.0215 e. The molecule has 1 aliphatic heterocycles. The molecule has 1 saturated heterocycles. The van der Waals surface area contributed by atoms with Crippen LogP contribution in [0, 0.1) is 0 Å². The van der Waals surface area contributed by atoms with Gasteiger partial charge in [-0.3, -0.25) is 0 Å². The second kappa shape index (κ2) is 5.92. The SMILES string of the molecule is Brc1ccccc1CSC1CCNCC1. The first-order chi connectivity index (χ1) is 7.36. The Morgan fingerprint density at radius 1 is 1.27 bits per heavy atom. The van der Waals surface area contributed by atoms with Crippen molar-refractivity contribution in [1.29, 1.82) is 0 Å². The highest BCUT2D eigenvalue weighted by molar-refractivity contribution is 9.10. The van der Waals surface area contributed by atoms with Crippen LogP contribution in [0.15, 0.2) is 28.7 Å². The van der Waals surface area contributed by atoms with Gasteiger partial charge in [0.1, 0.15) is 0 Å². The number of hydrogen-bond acceptors (Lipinski definition) is 2. The van der Waals surface area contributed by atoms with Crippen LogP contribution in [0.1, 0.15) is 18.4 Å². The van der Waals surface area contributed by atoms with Crippen molar-refractivity contribution in [3.05, 3.63) is 34.3 Å².